The van der Waals surface area contributed by atoms with Crippen LogP contribution in [-0.2, 0) is 4.79 Å². The second-order valence-electron chi connectivity index (χ2n) is 2.18. The van der Waals surface area contributed by atoms with Gasteiger partial charge in [-0.2, -0.15) is 11.8 Å². The van der Waals surface area contributed by atoms with Crippen LogP contribution in [0.4, 0.5) is 0 Å². The summed E-state index contributed by atoms with van der Waals surface area (Å²) >= 11 is 7.10. The lowest BCUT2D eigenvalue weighted by atomic mass is 10.3. The van der Waals surface area contributed by atoms with E-state index >= 15 is 0 Å². The third-order valence-corrected chi connectivity index (χ3v) is 2.16. The second-order valence-corrected chi connectivity index (χ2v) is 3.44. The zero-order chi connectivity index (χ0) is 8.53. The number of hydrogen-bond donors (Lipinski definition) is 1. The van der Waals surface area contributed by atoms with Crippen molar-refractivity contribution in [3.63, 3.8) is 0 Å². The summed E-state index contributed by atoms with van der Waals surface area (Å²) in [4.78, 5) is 10.6. The molecule has 0 aliphatic carbocycles. The molecule has 2 nitrogen and oxygen atoms in total. The number of alkyl halides is 1. The van der Waals surface area contributed by atoms with Crippen molar-refractivity contribution in [2.24, 2.45) is 0 Å². The Bertz CT molecular complexity index is 111. The van der Waals surface area contributed by atoms with Crippen molar-refractivity contribution in [2.75, 3.05) is 24.4 Å². The first-order chi connectivity index (χ1) is 5.31. The lowest BCUT2D eigenvalue weighted by molar-refractivity contribution is -0.118. The topological polar surface area (TPSA) is 29.1 Å². The standard InChI is InChI=1S/C7H14ClNOS/c1-11-5-3-2-4-9-7(10)6-8/h2-6H2,1H3,(H,9,10). The molecule has 0 saturated heterocycles. The largest absolute Gasteiger partial charge is 0.355 e. The van der Waals surface area contributed by atoms with Gasteiger partial charge in [0.25, 0.3) is 0 Å². The Morgan fingerprint density at radius 3 is 2.82 bits per heavy atom. The molecule has 0 heterocycles. The van der Waals surface area contributed by atoms with E-state index in [-0.39, 0.29) is 11.8 Å². The number of hydrogen-bond acceptors (Lipinski definition) is 2. The Morgan fingerprint density at radius 1 is 1.55 bits per heavy atom. The molecule has 0 aromatic carbocycles. The predicted octanol–water partition coefficient (Wildman–Crippen LogP) is 1.48. The van der Waals surface area contributed by atoms with Crippen molar-refractivity contribution in [3.8, 4) is 0 Å². The van der Waals surface area contributed by atoms with E-state index in [0.29, 0.717) is 0 Å². The smallest absolute Gasteiger partial charge is 0.234 e. The first-order valence-corrected chi connectivity index (χ1v) is 5.55. The van der Waals surface area contributed by atoms with Gasteiger partial charge in [-0.25, -0.2) is 0 Å². The van der Waals surface area contributed by atoms with Crippen molar-refractivity contribution in [2.45, 2.75) is 12.8 Å². The van der Waals surface area contributed by atoms with Gasteiger partial charge in [0.1, 0.15) is 5.88 Å². The van der Waals surface area contributed by atoms with Crippen LogP contribution in [0.15, 0.2) is 0 Å². The quantitative estimate of drug-likeness (QED) is 0.514. The molecule has 1 amide bonds. The van der Waals surface area contributed by atoms with Gasteiger partial charge in [0.15, 0.2) is 0 Å². The zero-order valence-corrected chi connectivity index (χ0v) is 8.30. The molecule has 0 unspecified atom stereocenters. The van der Waals surface area contributed by atoms with Gasteiger partial charge in [-0.15, -0.1) is 11.6 Å². The molecule has 1 N–H and O–H groups in total. The fourth-order valence-corrected chi connectivity index (χ4v) is 1.23. The summed E-state index contributed by atoms with van der Waals surface area (Å²) in [5, 5.41) is 2.71. The van der Waals surface area contributed by atoms with E-state index in [1.165, 1.54) is 0 Å². The van der Waals surface area contributed by atoms with E-state index in [1.807, 2.05) is 11.8 Å². The van der Waals surface area contributed by atoms with Crippen LogP contribution >= 0.6 is 23.4 Å². The molecule has 66 valence electrons. The minimum Gasteiger partial charge on any atom is -0.355 e. The monoisotopic (exact) mass is 195 g/mol. The molecule has 0 fully saturated rings. The Morgan fingerprint density at radius 2 is 2.27 bits per heavy atom. The minimum atomic E-state index is -0.0733. The Balaban J connectivity index is 2.95. The van der Waals surface area contributed by atoms with E-state index in [4.69, 9.17) is 11.6 Å². The molecule has 0 bridgehead atoms. The lowest BCUT2D eigenvalue weighted by Crippen LogP contribution is -2.25. The van der Waals surface area contributed by atoms with E-state index in [0.717, 1.165) is 25.1 Å². The van der Waals surface area contributed by atoms with E-state index in [9.17, 15) is 4.79 Å². The molecule has 0 aliphatic heterocycles. The number of nitrogens with one attached hydrogen (secondary N) is 1. The zero-order valence-electron chi connectivity index (χ0n) is 6.73. The highest BCUT2D eigenvalue weighted by Gasteiger charge is 1.95. The molecular weight excluding hydrogens is 182 g/mol. The second kappa shape index (κ2) is 8.21. The van der Waals surface area contributed by atoms with Crippen LogP contribution in [-0.4, -0.2) is 30.3 Å². The van der Waals surface area contributed by atoms with Crippen LogP contribution in [0, 0.1) is 0 Å². The normalized spacial score (nSPS) is 9.64. The Kier molecular flexibility index (Phi) is 8.29. The first-order valence-electron chi connectivity index (χ1n) is 3.63. The summed E-state index contributed by atoms with van der Waals surface area (Å²) in [5.41, 5.74) is 0. The number of carbonyl (C=O) groups is 1. The maximum absolute atomic E-state index is 10.6. The van der Waals surface area contributed by atoms with Gasteiger partial charge in [-0.1, -0.05) is 0 Å². The summed E-state index contributed by atoms with van der Waals surface area (Å²) in [7, 11) is 0. The van der Waals surface area contributed by atoms with Gasteiger partial charge in [-0.3, -0.25) is 4.79 Å². The molecule has 0 rings (SSSR count). The molecule has 0 radical (unpaired) electrons. The van der Waals surface area contributed by atoms with Crippen molar-refractivity contribution < 1.29 is 4.79 Å². The average molecular weight is 196 g/mol. The molecule has 11 heavy (non-hydrogen) atoms. The number of amides is 1. The van der Waals surface area contributed by atoms with Gasteiger partial charge in [0.2, 0.25) is 5.91 Å². The molecule has 0 aliphatic rings. The van der Waals surface area contributed by atoms with Crippen LogP contribution < -0.4 is 5.32 Å². The molecule has 0 spiro atoms. The average Bonchev–Trinajstić information content (AvgIpc) is 2.04. The summed E-state index contributed by atoms with van der Waals surface area (Å²) in [5.74, 6) is 1.16. The molecule has 0 aromatic rings. The van der Waals surface area contributed by atoms with Gasteiger partial charge in [0, 0.05) is 6.54 Å². The molecule has 0 aromatic heterocycles. The molecule has 0 saturated carbocycles. The minimum absolute atomic E-state index is 0.0720. The van der Waals surface area contributed by atoms with E-state index in [1.54, 1.807) is 0 Å². The number of thioether (sulfide) groups is 1. The SMILES string of the molecule is CSCCCCNC(=O)CCl. The molecule has 0 atom stereocenters. The Hall–Kier alpha value is 0.110. The third-order valence-electron chi connectivity index (χ3n) is 1.22. The number of halogens is 1. The highest BCUT2D eigenvalue weighted by molar-refractivity contribution is 7.98. The lowest BCUT2D eigenvalue weighted by Gasteiger charge is -2.00. The summed E-state index contributed by atoms with van der Waals surface area (Å²) in [6.07, 6.45) is 4.28. The first kappa shape index (κ1) is 11.1. The van der Waals surface area contributed by atoms with Crippen molar-refractivity contribution in [3.05, 3.63) is 0 Å². The maximum Gasteiger partial charge on any atom is 0.234 e. The summed E-state index contributed by atoms with van der Waals surface area (Å²) in [6, 6.07) is 0. The highest BCUT2D eigenvalue weighted by atomic mass is 35.5. The molecule has 4 heteroatoms. The molecular formula is C7H14ClNOS. The van der Waals surface area contributed by atoms with Crippen LogP contribution in [0.2, 0.25) is 0 Å². The number of unbranched alkanes of at least 4 members (excludes halogenated alkanes) is 1. The van der Waals surface area contributed by atoms with Gasteiger partial charge in [-0.05, 0) is 24.9 Å². The Labute approximate surface area is 77.1 Å². The van der Waals surface area contributed by atoms with E-state index < -0.39 is 0 Å². The van der Waals surface area contributed by atoms with E-state index in [2.05, 4.69) is 11.6 Å². The predicted molar refractivity (Wildman–Crippen MR) is 51.3 cm³/mol. The fourth-order valence-electron chi connectivity index (χ4n) is 0.646. The van der Waals surface area contributed by atoms with Crippen molar-refractivity contribution in [1.82, 2.24) is 5.32 Å². The summed E-state index contributed by atoms with van der Waals surface area (Å²) in [6.45, 7) is 0.756. The maximum atomic E-state index is 10.6. The van der Waals surface area contributed by atoms with Gasteiger partial charge >= 0.3 is 0 Å². The van der Waals surface area contributed by atoms with Gasteiger partial charge in [0.05, 0.1) is 0 Å². The number of carbonyl (C=O) groups excluding carboxylic acids is 1. The third kappa shape index (κ3) is 8.01. The van der Waals surface area contributed by atoms with Crippen LogP contribution in [0.1, 0.15) is 12.8 Å². The van der Waals surface area contributed by atoms with Crippen LogP contribution in [0.5, 0.6) is 0 Å². The van der Waals surface area contributed by atoms with Crippen LogP contribution in [0.25, 0.3) is 0 Å². The summed E-state index contributed by atoms with van der Waals surface area (Å²) < 4.78 is 0. The fraction of sp³-hybridized carbons (Fsp3) is 0.857. The van der Waals surface area contributed by atoms with Gasteiger partial charge < -0.3 is 5.32 Å². The van der Waals surface area contributed by atoms with Crippen molar-refractivity contribution in [1.29, 1.82) is 0 Å². The van der Waals surface area contributed by atoms with Crippen LogP contribution in [0.3, 0.4) is 0 Å². The number of rotatable bonds is 6. The highest BCUT2D eigenvalue weighted by Crippen LogP contribution is 1.97. The van der Waals surface area contributed by atoms with Crippen molar-refractivity contribution >= 4 is 29.3 Å².